The quantitative estimate of drug-likeness (QED) is 0.881. The smallest absolute Gasteiger partial charge is 0.101 e. The van der Waals surface area contributed by atoms with Crippen molar-refractivity contribution in [1.29, 1.82) is 5.26 Å². The number of nitrogens with zero attached hydrogens (tertiary/aromatic N) is 3. The molecule has 1 aromatic heterocycles. The van der Waals surface area contributed by atoms with Crippen LogP contribution in [0.25, 0.3) is 0 Å². The summed E-state index contributed by atoms with van der Waals surface area (Å²) in [6, 6.07) is 3.94. The number of nitrogens with one attached hydrogen (secondary N) is 1. The lowest BCUT2D eigenvalue weighted by Gasteiger charge is -2.31. The Morgan fingerprint density at radius 1 is 1.50 bits per heavy atom. The molecule has 0 amide bonds. The van der Waals surface area contributed by atoms with E-state index in [4.69, 9.17) is 5.26 Å². The van der Waals surface area contributed by atoms with Crippen molar-refractivity contribution >= 4 is 5.69 Å². The molecule has 1 fully saturated rings. The van der Waals surface area contributed by atoms with Crippen LogP contribution in [0.5, 0.6) is 0 Å². The molecule has 1 aliphatic heterocycles. The average Bonchev–Trinajstić information content (AvgIpc) is 2.46. The van der Waals surface area contributed by atoms with E-state index < -0.39 is 0 Å². The van der Waals surface area contributed by atoms with Crippen LogP contribution in [0.4, 0.5) is 5.69 Å². The van der Waals surface area contributed by atoms with Gasteiger partial charge in [0.15, 0.2) is 0 Å². The first-order chi connectivity index (χ1) is 8.83. The van der Waals surface area contributed by atoms with Crippen molar-refractivity contribution in [2.24, 2.45) is 5.92 Å². The highest BCUT2D eigenvalue weighted by Crippen LogP contribution is 2.19. The molecule has 18 heavy (non-hydrogen) atoms. The second kappa shape index (κ2) is 6.36. The third kappa shape index (κ3) is 3.21. The fraction of sp³-hybridized carbons (Fsp3) is 0.571. The van der Waals surface area contributed by atoms with E-state index in [0.717, 1.165) is 18.8 Å². The van der Waals surface area contributed by atoms with Crippen LogP contribution >= 0.6 is 0 Å². The second-order valence-electron chi connectivity index (χ2n) is 4.79. The minimum atomic E-state index is 0.677. The summed E-state index contributed by atoms with van der Waals surface area (Å²) < 4.78 is 0. The fourth-order valence-electron chi connectivity index (χ4n) is 2.39. The third-order valence-corrected chi connectivity index (χ3v) is 3.68. The summed E-state index contributed by atoms with van der Waals surface area (Å²) in [5, 5.41) is 12.4. The van der Waals surface area contributed by atoms with Crippen molar-refractivity contribution in [2.75, 3.05) is 31.5 Å². The Labute approximate surface area is 109 Å². The number of pyridine rings is 1. The molecule has 2 rings (SSSR count). The number of piperidine rings is 1. The first kappa shape index (κ1) is 12.8. The Hall–Kier alpha value is -1.60. The Balaban J connectivity index is 1.84. The van der Waals surface area contributed by atoms with Gasteiger partial charge in [-0.1, -0.05) is 6.92 Å². The highest BCUT2D eigenvalue weighted by molar-refractivity contribution is 5.55. The number of hydrogen-bond donors (Lipinski definition) is 1. The summed E-state index contributed by atoms with van der Waals surface area (Å²) in [6.45, 7) is 6.70. The summed E-state index contributed by atoms with van der Waals surface area (Å²) in [5.74, 6) is 0.708. The van der Waals surface area contributed by atoms with Gasteiger partial charge in [-0.2, -0.15) is 5.26 Å². The molecule has 0 bridgehead atoms. The number of anilines is 1. The Morgan fingerprint density at radius 3 is 2.94 bits per heavy atom. The van der Waals surface area contributed by atoms with E-state index >= 15 is 0 Å². The molecule has 1 aromatic rings. The van der Waals surface area contributed by atoms with Crippen molar-refractivity contribution in [3.8, 4) is 6.07 Å². The third-order valence-electron chi connectivity index (χ3n) is 3.68. The summed E-state index contributed by atoms with van der Waals surface area (Å²) in [4.78, 5) is 6.55. The van der Waals surface area contributed by atoms with Gasteiger partial charge in [0.1, 0.15) is 6.07 Å². The van der Waals surface area contributed by atoms with Gasteiger partial charge in [-0.25, -0.2) is 0 Å². The van der Waals surface area contributed by atoms with Gasteiger partial charge < -0.3 is 10.2 Å². The predicted octanol–water partition coefficient (Wildman–Crippen LogP) is 2.10. The lowest BCUT2D eigenvalue weighted by atomic mass is 9.96. The highest BCUT2D eigenvalue weighted by Gasteiger charge is 2.17. The van der Waals surface area contributed by atoms with Crippen molar-refractivity contribution in [2.45, 2.75) is 19.8 Å². The molecule has 2 heterocycles. The van der Waals surface area contributed by atoms with Gasteiger partial charge in [-0.15, -0.1) is 0 Å². The zero-order chi connectivity index (χ0) is 12.8. The molecule has 1 saturated heterocycles. The number of nitriles is 1. The molecule has 0 saturated carbocycles. The van der Waals surface area contributed by atoms with Gasteiger partial charge in [0.25, 0.3) is 0 Å². The summed E-state index contributed by atoms with van der Waals surface area (Å²) in [6.07, 6.45) is 5.87. The maximum Gasteiger partial charge on any atom is 0.101 e. The lowest BCUT2D eigenvalue weighted by molar-refractivity contribution is 0.198. The Bertz CT molecular complexity index is 416. The Kier molecular flexibility index (Phi) is 4.54. The van der Waals surface area contributed by atoms with Gasteiger partial charge in [-0.05, 0) is 44.5 Å². The second-order valence-corrected chi connectivity index (χ2v) is 4.79. The van der Waals surface area contributed by atoms with Crippen LogP contribution < -0.4 is 5.32 Å². The van der Waals surface area contributed by atoms with Crippen LogP contribution in [0.1, 0.15) is 25.3 Å². The molecule has 4 nitrogen and oxygen atoms in total. The molecule has 0 radical (unpaired) electrons. The van der Waals surface area contributed by atoms with E-state index in [0.29, 0.717) is 11.5 Å². The van der Waals surface area contributed by atoms with Gasteiger partial charge in [0, 0.05) is 12.7 Å². The molecule has 96 valence electrons. The molecule has 0 spiro atoms. The Morgan fingerprint density at radius 2 is 2.28 bits per heavy atom. The zero-order valence-electron chi connectivity index (χ0n) is 10.9. The van der Waals surface area contributed by atoms with Crippen LogP contribution in [0.2, 0.25) is 0 Å². The van der Waals surface area contributed by atoms with E-state index in [1.54, 1.807) is 18.5 Å². The number of likely N-dealkylation sites (tertiary alicyclic amines) is 1. The van der Waals surface area contributed by atoms with Crippen molar-refractivity contribution in [3.05, 3.63) is 24.0 Å². The number of rotatable bonds is 4. The minimum absolute atomic E-state index is 0.677. The summed E-state index contributed by atoms with van der Waals surface area (Å²) in [5.41, 5.74) is 1.54. The van der Waals surface area contributed by atoms with Gasteiger partial charge in [-0.3, -0.25) is 4.98 Å². The molecule has 1 aliphatic rings. The fourth-order valence-corrected chi connectivity index (χ4v) is 2.39. The standard InChI is InChI=1S/C14H20N4/c1-2-18-7-4-12(5-8-18)10-17-14-11-16-6-3-13(14)9-15/h3,6,11-12,17H,2,4-5,7-8,10H2,1H3. The molecule has 4 heteroatoms. The highest BCUT2D eigenvalue weighted by atomic mass is 15.1. The van der Waals surface area contributed by atoms with Crippen LogP contribution in [-0.2, 0) is 0 Å². The van der Waals surface area contributed by atoms with E-state index in [-0.39, 0.29) is 0 Å². The average molecular weight is 244 g/mol. The van der Waals surface area contributed by atoms with Crippen molar-refractivity contribution in [3.63, 3.8) is 0 Å². The van der Waals surface area contributed by atoms with Gasteiger partial charge in [0.2, 0.25) is 0 Å². The maximum absolute atomic E-state index is 9.00. The molecular formula is C14H20N4. The number of hydrogen-bond acceptors (Lipinski definition) is 4. The largest absolute Gasteiger partial charge is 0.382 e. The minimum Gasteiger partial charge on any atom is -0.382 e. The summed E-state index contributed by atoms with van der Waals surface area (Å²) in [7, 11) is 0. The SMILES string of the molecule is CCN1CCC(CNc2cnccc2C#N)CC1. The van der Waals surface area contributed by atoms with E-state index in [1.165, 1.54) is 25.9 Å². The van der Waals surface area contributed by atoms with Crippen LogP contribution in [-0.4, -0.2) is 36.1 Å². The molecule has 0 unspecified atom stereocenters. The maximum atomic E-state index is 9.00. The van der Waals surface area contributed by atoms with Crippen LogP contribution in [0.3, 0.4) is 0 Å². The molecule has 0 atom stereocenters. The monoisotopic (exact) mass is 244 g/mol. The first-order valence-corrected chi connectivity index (χ1v) is 6.63. The topological polar surface area (TPSA) is 52.0 Å². The molecular weight excluding hydrogens is 224 g/mol. The van der Waals surface area contributed by atoms with Crippen LogP contribution in [0, 0.1) is 17.2 Å². The van der Waals surface area contributed by atoms with Crippen molar-refractivity contribution < 1.29 is 0 Å². The zero-order valence-corrected chi connectivity index (χ0v) is 10.9. The van der Waals surface area contributed by atoms with Gasteiger partial charge in [0.05, 0.1) is 17.4 Å². The molecule has 0 aromatic carbocycles. The van der Waals surface area contributed by atoms with E-state index in [9.17, 15) is 0 Å². The van der Waals surface area contributed by atoms with E-state index in [1.807, 2.05) is 0 Å². The number of aromatic nitrogens is 1. The van der Waals surface area contributed by atoms with E-state index in [2.05, 4.69) is 28.2 Å². The molecule has 0 aliphatic carbocycles. The lowest BCUT2D eigenvalue weighted by Crippen LogP contribution is -2.35. The first-order valence-electron chi connectivity index (χ1n) is 6.63. The normalized spacial score (nSPS) is 17.3. The molecule has 1 N–H and O–H groups in total. The van der Waals surface area contributed by atoms with Crippen molar-refractivity contribution in [1.82, 2.24) is 9.88 Å². The van der Waals surface area contributed by atoms with Gasteiger partial charge >= 0.3 is 0 Å². The predicted molar refractivity (Wildman–Crippen MR) is 72.3 cm³/mol. The summed E-state index contributed by atoms with van der Waals surface area (Å²) >= 11 is 0. The van der Waals surface area contributed by atoms with Crippen LogP contribution in [0.15, 0.2) is 18.5 Å².